The molecule has 5 nitrogen and oxygen atoms in total. The summed E-state index contributed by atoms with van der Waals surface area (Å²) in [4.78, 5) is 24.5. The second-order valence-electron chi connectivity index (χ2n) is 5.11. The minimum atomic E-state index is -0.355. The number of amides is 1. The summed E-state index contributed by atoms with van der Waals surface area (Å²) in [6, 6.07) is 0.586. The lowest BCUT2D eigenvalue weighted by Crippen LogP contribution is -2.45. The standard InChI is InChI=1S/C9H18N2O2.C4H8O/c1-10(2)8-3-5-11(6-4-8)9(13)7-12;1-4(2)3-5/h8,12H,3-7H2,1-2H3;3-4H,1-2H3. The molecule has 0 atom stereocenters. The van der Waals surface area contributed by atoms with Crippen molar-refractivity contribution in [3.63, 3.8) is 0 Å². The van der Waals surface area contributed by atoms with Crippen molar-refractivity contribution in [2.24, 2.45) is 5.92 Å². The zero-order valence-corrected chi connectivity index (χ0v) is 11.9. The maximum Gasteiger partial charge on any atom is 0.248 e. The van der Waals surface area contributed by atoms with Crippen LogP contribution < -0.4 is 0 Å². The number of carbonyl (C=O) groups excluding carboxylic acids is 2. The SMILES string of the molecule is CC(C)C=O.CN(C)C1CCN(C(=O)CO)CC1. The molecule has 1 saturated heterocycles. The Hall–Kier alpha value is -0.940. The van der Waals surface area contributed by atoms with Gasteiger partial charge in [-0.25, -0.2) is 0 Å². The van der Waals surface area contributed by atoms with Crippen molar-refractivity contribution in [3.8, 4) is 0 Å². The lowest BCUT2D eigenvalue weighted by molar-refractivity contribution is -0.135. The van der Waals surface area contributed by atoms with Gasteiger partial charge in [-0.05, 0) is 26.9 Å². The van der Waals surface area contributed by atoms with Crippen molar-refractivity contribution in [2.75, 3.05) is 33.8 Å². The molecule has 1 amide bonds. The second kappa shape index (κ2) is 9.05. The predicted octanol–water partition coefficient (Wildman–Crippen LogP) is 0.373. The van der Waals surface area contributed by atoms with Gasteiger partial charge in [0.1, 0.15) is 12.9 Å². The van der Waals surface area contributed by atoms with E-state index in [4.69, 9.17) is 5.11 Å². The van der Waals surface area contributed by atoms with E-state index in [-0.39, 0.29) is 18.4 Å². The molecule has 0 aliphatic carbocycles. The lowest BCUT2D eigenvalue weighted by atomic mass is 10.0. The highest BCUT2D eigenvalue weighted by Gasteiger charge is 2.22. The van der Waals surface area contributed by atoms with Crippen LogP contribution in [-0.2, 0) is 9.59 Å². The van der Waals surface area contributed by atoms with Crippen molar-refractivity contribution < 1.29 is 14.7 Å². The molecule has 0 aromatic rings. The Morgan fingerprint density at radius 3 is 2.11 bits per heavy atom. The van der Waals surface area contributed by atoms with E-state index >= 15 is 0 Å². The van der Waals surface area contributed by atoms with Crippen LogP contribution in [0.4, 0.5) is 0 Å². The Bertz CT molecular complexity index is 247. The summed E-state index contributed by atoms with van der Waals surface area (Å²) >= 11 is 0. The quantitative estimate of drug-likeness (QED) is 0.743. The molecule has 0 spiro atoms. The van der Waals surface area contributed by atoms with E-state index in [1.807, 2.05) is 13.8 Å². The predicted molar refractivity (Wildman–Crippen MR) is 71.3 cm³/mol. The molecule has 18 heavy (non-hydrogen) atoms. The largest absolute Gasteiger partial charge is 0.387 e. The van der Waals surface area contributed by atoms with Crippen LogP contribution in [0.5, 0.6) is 0 Å². The van der Waals surface area contributed by atoms with Crippen LogP contribution in [0.15, 0.2) is 0 Å². The molecule has 0 aromatic carbocycles. The highest BCUT2D eigenvalue weighted by molar-refractivity contribution is 5.77. The molecule has 1 rings (SSSR count). The maximum absolute atomic E-state index is 11.1. The van der Waals surface area contributed by atoms with Gasteiger partial charge in [0.05, 0.1) is 0 Å². The molecule has 0 aromatic heterocycles. The van der Waals surface area contributed by atoms with Crippen molar-refractivity contribution in [1.82, 2.24) is 9.80 Å². The molecule has 1 aliphatic heterocycles. The third kappa shape index (κ3) is 6.71. The van der Waals surface area contributed by atoms with Gasteiger partial charge in [-0.2, -0.15) is 0 Å². The number of hydrogen-bond acceptors (Lipinski definition) is 4. The van der Waals surface area contributed by atoms with Crippen LogP contribution in [0, 0.1) is 5.92 Å². The van der Waals surface area contributed by atoms with Gasteiger partial charge in [-0.3, -0.25) is 4.79 Å². The Labute approximate surface area is 110 Å². The van der Waals surface area contributed by atoms with Crippen LogP contribution >= 0.6 is 0 Å². The number of piperidine rings is 1. The maximum atomic E-state index is 11.1. The molecule has 1 aliphatic rings. The first kappa shape index (κ1) is 17.1. The average Bonchev–Trinajstić information content (AvgIpc) is 2.38. The summed E-state index contributed by atoms with van der Waals surface area (Å²) in [6.45, 7) is 4.91. The van der Waals surface area contributed by atoms with Gasteiger partial charge in [-0.1, -0.05) is 13.8 Å². The lowest BCUT2D eigenvalue weighted by Gasteiger charge is -2.34. The Kier molecular flexibility index (Phi) is 8.58. The summed E-state index contributed by atoms with van der Waals surface area (Å²) in [7, 11) is 4.13. The zero-order valence-electron chi connectivity index (χ0n) is 11.9. The average molecular weight is 258 g/mol. The number of rotatable bonds is 3. The number of aldehydes is 1. The molecular formula is C13H26N2O3. The Balaban J connectivity index is 0.000000494. The van der Waals surface area contributed by atoms with Gasteiger partial charge in [0, 0.05) is 25.0 Å². The van der Waals surface area contributed by atoms with E-state index in [1.165, 1.54) is 0 Å². The van der Waals surface area contributed by atoms with Gasteiger partial charge >= 0.3 is 0 Å². The zero-order chi connectivity index (χ0) is 14.1. The number of hydrogen-bond donors (Lipinski definition) is 1. The Morgan fingerprint density at radius 1 is 1.39 bits per heavy atom. The van der Waals surface area contributed by atoms with Gasteiger partial charge in [0.15, 0.2) is 0 Å². The van der Waals surface area contributed by atoms with Crippen LogP contribution in [0.1, 0.15) is 26.7 Å². The topological polar surface area (TPSA) is 60.9 Å². The highest BCUT2D eigenvalue weighted by Crippen LogP contribution is 2.13. The van der Waals surface area contributed by atoms with E-state index in [2.05, 4.69) is 19.0 Å². The summed E-state index contributed by atoms with van der Waals surface area (Å²) in [6.07, 6.45) is 2.94. The molecular weight excluding hydrogens is 232 g/mol. The third-order valence-corrected chi connectivity index (χ3v) is 2.95. The highest BCUT2D eigenvalue weighted by atomic mass is 16.3. The summed E-state index contributed by atoms with van der Waals surface area (Å²) in [5.74, 6) is 0.0622. The minimum Gasteiger partial charge on any atom is -0.387 e. The fourth-order valence-electron chi connectivity index (χ4n) is 1.73. The number of nitrogens with zero attached hydrogens (tertiary/aromatic N) is 2. The molecule has 106 valence electrons. The van der Waals surface area contributed by atoms with Crippen molar-refractivity contribution >= 4 is 12.2 Å². The monoisotopic (exact) mass is 258 g/mol. The van der Waals surface area contributed by atoms with E-state index in [0.29, 0.717) is 6.04 Å². The van der Waals surface area contributed by atoms with E-state index in [9.17, 15) is 9.59 Å². The first-order valence-electron chi connectivity index (χ1n) is 6.42. The molecule has 1 fully saturated rings. The van der Waals surface area contributed by atoms with Crippen LogP contribution in [0.2, 0.25) is 0 Å². The van der Waals surface area contributed by atoms with Gasteiger partial charge in [0.25, 0.3) is 0 Å². The normalized spacial score (nSPS) is 16.5. The van der Waals surface area contributed by atoms with E-state index < -0.39 is 0 Å². The number of aliphatic hydroxyl groups excluding tert-OH is 1. The molecule has 0 radical (unpaired) electrons. The second-order valence-corrected chi connectivity index (χ2v) is 5.11. The summed E-state index contributed by atoms with van der Waals surface area (Å²) < 4.78 is 0. The Morgan fingerprint density at radius 2 is 1.83 bits per heavy atom. The fraction of sp³-hybridized carbons (Fsp3) is 0.846. The van der Waals surface area contributed by atoms with Crippen LogP contribution in [0.3, 0.4) is 0 Å². The van der Waals surface area contributed by atoms with Gasteiger partial charge < -0.3 is 19.7 Å². The summed E-state index contributed by atoms with van der Waals surface area (Å²) in [5, 5.41) is 8.66. The third-order valence-electron chi connectivity index (χ3n) is 2.95. The molecule has 0 unspecified atom stereocenters. The fourth-order valence-corrected chi connectivity index (χ4v) is 1.73. The number of carbonyl (C=O) groups is 2. The van der Waals surface area contributed by atoms with Crippen molar-refractivity contribution in [2.45, 2.75) is 32.7 Å². The van der Waals surface area contributed by atoms with Crippen LogP contribution in [0.25, 0.3) is 0 Å². The van der Waals surface area contributed by atoms with Crippen LogP contribution in [-0.4, -0.2) is 66.9 Å². The molecule has 5 heteroatoms. The molecule has 1 heterocycles. The van der Waals surface area contributed by atoms with Crippen molar-refractivity contribution in [3.05, 3.63) is 0 Å². The first-order chi connectivity index (χ1) is 8.42. The number of likely N-dealkylation sites (tertiary alicyclic amines) is 1. The molecule has 0 bridgehead atoms. The summed E-state index contributed by atoms with van der Waals surface area (Å²) in [5.41, 5.74) is 0. The van der Waals surface area contributed by atoms with E-state index in [1.54, 1.807) is 4.90 Å². The minimum absolute atomic E-state index is 0.141. The van der Waals surface area contributed by atoms with E-state index in [0.717, 1.165) is 32.2 Å². The first-order valence-corrected chi connectivity index (χ1v) is 6.42. The van der Waals surface area contributed by atoms with Gasteiger partial charge in [0.2, 0.25) is 5.91 Å². The number of aliphatic hydroxyl groups is 1. The van der Waals surface area contributed by atoms with Gasteiger partial charge in [-0.15, -0.1) is 0 Å². The molecule has 1 N–H and O–H groups in total. The van der Waals surface area contributed by atoms with Crippen molar-refractivity contribution in [1.29, 1.82) is 0 Å². The molecule has 0 saturated carbocycles. The smallest absolute Gasteiger partial charge is 0.248 e.